The molecule has 2 heterocycles. The van der Waals surface area contributed by atoms with Gasteiger partial charge in [-0.05, 0) is 18.6 Å². The van der Waals surface area contributed by atoms with Crippen molar-refractivity contribution in [3.63, 3.8) is 0 Å². The van der Waals surface area contributed by atoms with Gasteiger partial charge in [0.15, 0.2) is 11.6 Å². The first-order valence-electron chi connectivity index (χ1n) is 9.02. The van der Waals surface area contributed by atoms with Crippen molar-refractivity contribution in [1.29, 1.82) is 0 Å². The molecule has 1 aromatic rings. The number of halogens is 1. The summed E-state index contributed by atoms with van der Waals surface area (Å²) in [4.78, 5) is 36.2. The molecule has 29 heavy (non-hydrogen) atoms. The third-order valence-corrected chi connectivity index (χ3v) is 4.78. The SMILES string of the molecule is CC(=O)NC[C@H]1CN(c2ccc(OCC3(O)CCN(C(=O)O)C3)c(F)c2)C(=O)O1. The number of β-amino-alcohol motifs (C(OH)–C–C–N with tert-alkyl or cyclic N) is 1. The number of hydrogen-bond donors (Lipinski definition) is 3. The maximum atomic E-state index is 14.4. The van der Waals surface area contributed by atoms with Gasteiger partial charge in [-0.2, -0.15) is 0 Å². The first-order valence-corrected chi connectivity index (χ1v) is 9.02. The van der Waals surface area contributed by atoms with Gasteiger partial charge in [-0.15, -0.1) is 0 Å². The average Bonchev–Trinajstić information content (AvgIpc) is 3.22. The first kappa shape index (κ1) is 20.6. The van der Waals surface area contributed by atoms with E-state index in [-0.39, 0.29) is 56.6 Å². The molecule has 0 bridgehead atoms. The predicted octanol–water partition coefficient (Wildman–Crippen LogP) is 0.781. The fourth-order valence-corrected chi connectivity index (χ4v) is 3.22. The van der Waals surface area contributed by atoms with Gasteiger partial charge in [0.2, 0.25) is 5.91 Å². The zero-order valence-corrected chi connectivity index (χ0v) is 15.8. The van der Waals surface area contributed by atoms with Crippen LogP contribution in [0, 0.1) is 5.82 Å². The molecule has 2 aliphatic rings. The highest BCUT2D eigenvalue weighted by molar-refractivity contribution is 5.90. The number of carbonyl (C=O) groups excluding carboxylic acids is 2. The zero-order chi connectivity index (χ0) is 21.2. The lowest BCUT2D eigenvalue weighted by Crippen LogP contribution is -2.40. The van der Waals surface area contributed by atoms with Crippen molar-refractivity contribution in [3.8, 4) is 5.75 Å². The van der Waals surface area contributed by atoms with E-state index in [2.05, 4.69) is 5.32 Å². The van der Waals surface area contributed by atoms with E-state index in [0.29, 0.717) is 0 Å². The Balaban J connectivity index is 1.60. The molecule has 3 rings (SSSR count). The Labute approximate surface area is 165 Å². The molecule has 2 aliphatic heterocycles. The van der Waals surface area contributed by atoms with Crippen LogP contribution < -0.4 is 15.0 Å². The van der Waals surface area contributed by atoms with Crippen LogP contribution in [0.2, 0.25) is 0 Å². The number of nitrogens with zero attached hydrogens (tertiary/aromatic N) is 2. The van der Waals surface area contributed by atoms with Crippen molar-refractivity contribution >= 4 is 23.8 Å². The third kappa shape index (κ3) is 4.86. The number of rotatable bonds is 6. The fraction of sp³-hybridized carbons (Fsp3) is 0.500. The molecular weight excluding hydrogens is 389 g/mol. The van der Waals surface area contributed by atoms with E-state index in [1.165, 1.54) is 24.0 Å². The number of nitrogens with one attached hydrogen (secondary N) is 1. The quantitative estimate of drug-likeness (QED) is 0.631. The Morgan fingerprint density at radius 2 is 2.21 bits per heavy atom. The molecule has 2 saturated heterocycles. The number of carboxylic acid groups (broad SMARTS) is 1. The van der Waals surface area contributed by atoms with E-state index in [1.807, 2.05) is 0 Å². The second kappa shape index (κ2) is 8.11. The highest BCUT2D eigenvalue weighted by atomic mass is 19.1. The van der Waals surface area contributed by atoms with Crippen LogP contribution in [0.5, 0.6) is 5.75 Å². The minimum atomic E-state index is -1.39. The van der Waals surface area contributed by atoms with Gasteiger partial charge >= 0.3 is 12.2 Å². The van der Waals surface area contributed by atoms with Crippen LogP contribution in [-0.4, -0.2) is 77.7 Å². The summed E-state index contributed by atoms with van der Waals surface area (Å²) in [5.74, 6) is -1.11. The average molecular weight is 411 g/mol. The molecular formula is C18H22FN3O7. The standard InChI is InChI=1S/C18H22FN3O7/c1-11(23)20-7-13-8-22(17(26)29-13)12-2-3-15(14(19)6-12)28-10-18(27)4-5-21(9-18)16(24)25/h2-3,6,13,27H,4-5,7-10H2,1H3,(H,20,23)(H,24,25)/t13-,18?/m0/s1. The molecule has 2 atom stereocenters. The molecule has 1 unspecified atom stereocenters. The Hall–Kier alpha value is -3.08. The van der Waals surface area contributed by atoms with Crippen LogP contribution in [0.15, 0.2) is 18.2 Å². The van der Waals surface area contributed by atoms with Gasteiger partial charge in [-0.3, -0.25) is 9.69 Å². The van der Waals surface area contributed by atoms with Crippen LogP contribution in [0.4, 0.5) is 19.7 Å². The Bertz CT molecular complexity index is 821. The molecule has 0 spiro atoms. The normalized spacial score (nSPS) is 23.8. The van der Waals surface area contributed by atoms with Gasteiger partial charge in [0.05, 0.1) is 25.3 Å². The lowest BCUT2D eigenvalue weighted by molar-refractivity contribution is -0.119. The Kier molecular flexibility index (Phi) is 5.78. The summed E-state index contributed by atoms with van der Waals surface area (Å²) < 4.78 is 24.9. The molecule has 2 fully saturated rings. The monoisotopic (exact) mass is 411 g/mol. The van der Waals surface area contributed by atoms with Crippen molar-refractivity contribution in [2.75, 3.05) is 37.7 Å². The van der Waals surface area contributed by atoms with Crippen molar-refractivity contribution in [1.82, 2.24) is 10.2 Å². The number of aliphatic hydroxyl groups is 1. The number of hydrogen-bond acceptors (Lipinski definition) is 6. The van der Waals surface area contributed by atoms with Crippen LogP contribution in [-0.2, 0) is 9.53 Å². The number of benzene rings is 1. The van der Waals surface area contributed by atoms with Gasteiger partial charge in [-0.25, -0.2) is 14.0 Å². The number of amides is 3. The van der Waals surface area contributed by atoms with Gasteiger partial charge in [-0.1, -0.05) is 0 Å². The zero-order valence-electron chi connectivity index (χ0n) is 15.8. The Morgan fingerprint density at radius 1 is 1.45 bits per heavy atom. The van der Waals surface area contributed by atoms with Gasteiger partial charge in [0.1, 0.15) is 18.3 Å². The number of anilines is 1. The van der Waals surface area contributed by atoms with Gasteiger partial charge in [0.25, 0.3) is 0 Å². The van der Waals surface area contributed by atoms with Crippen LogP contribution in [0.25, 0.3) is 0 Å². The molecule has 10 nitrogen and oxygen atoms in total. The Morgan fingerprint density at radius 3 is 2.83 bits per heavy atom. The predicted molar refractivity (Wildman–Crippen MR) is 97.4 cm³/mol. The summed E-state index contributed by atoms with van der Waals surface area (Å²) in [6.45, 7) is 1.46. The maximum Gasteiger partial charge on any atom is 0.414 e. The van der Waals surface area contributed by atoms with Crippen LogP contribution in [0.1, 0.15) is 13.3 Å². The van der Waals surface area contributed by atoms with Crippen LogP contribution >= 0.6 is 0 Å². The summed E-state index contributed by atoms with van der Waals surface area (Å²) in [6, 6.07) is 3.91. The van der Waals surface area contributed by atoms with Crippen molar-refractivity contribution in [2.24, 2.45) is 0 Å². The molecule has 0 aliphatic carbocycles. The third-order valence-electron chi connectivity index (χ3n) is 4.78. The summed E-state index contributed by atoms with van der Waals surface area (Å²) in [7, 11) is 0. The number of ether oxygens (including phenoxy) is 2. The van der Waals surface area contributed by atoms with E-state index in [1.54, 1.807) is 0 Å². The number of likely N-dealkylation sites (tertiary alicyclic amines) is 1. The largest absolute Gasteiger partial charge is 0.487 e. The molecule has 1 aromatic carbocycles. The van der Waals surface area contributed by atoms with E-state index in [4.69, 9.17) is 14.6 Å². The number of cyclic esters (lactones) is 1. The highest BCUT2D eigenvalue weighted by Crippen LogP contribution is 2.29. The second-order valence-electron chi connectivity index (χ2n) is 7.14. The minimum Gasteiger partial charge on any atom is -0.487 e. The topological polar surface area (TPSA) is 129 Å². The first-order chi connectivity index (χ1) is 13.7. The van der Waals surface area contributed by atoms with Crippen molar-refractivity contribution < 1.29 is 38.5 Å². The summed E-state index contributed by atoms with van der Waals surface area (Å²) in [6.07, 6.45) is -2.14. The highest BCUT2D eigenvalue weighted by Gasteiger charge is 2.39. The molecule has 0 aromatic heterocycles. The van der Waals surface area contributed by atoms with Gasteiger partial charge in [0, 0.05) is 19.5 Å². The smallest absolute Gasteiger partial charge is 0.414 e. The van der Waals surface area contributed by atoms with Gasteiger partial charge < -0.3 is 29.9 Å². The van der Waals surface area contributed by atoms with E-state index in [9.17, 15) is 23.9 Å². The minimum absolute atomic E-state index is 0.114. The molecule has 158 valence electrons. The number of carbonyl (C=O) groups is 3. The van der Waals surface area contributed by atoms with Crippen LogP contribution in [0.3, 0.4) is 0 Å². The molecule has 3 amide bonds. The second-order valence-corrected chi connectivity index (χ2v) is 7.14. The molecule has 0 saturated carbocycles. The molecule has 0 radical (unpaired) electrons. The van der Waals surface area contributed by atoms with Crippen molar-refractivity contribution in [2.45, 2.75) is 25.0 Å². The van der Waals surface area contributed by atoms with E-state index in [0.717, 1.165) is 11.0 Å². The van der Waals surface area contributed by atoms with E-state index >= 15 is 0 Å². The summed E-state index contributed by atoms with van der Waals surface area (Å²) in [5, 5.41) is 21.9. The lowest BCUT2D eigenvalue weighted by Gasteiger charge is -2.23. The lowest BCUT2D eigenvalue weighted by atomic mass is 10.1. The fourth-order valence-electron chi connectivity index (χ4n) is 3.22. The molecule has 3 N–H and O–H groups in total. The van der Waals surface area contributed by atoms with Crippen molar-refractivity contribution in [3.05, 3.63) is 24.0 Å². The maximum absolute atomic E-state index is 14.4. The summed E-state index contributed by atoms with van der Waals surface area (Å²) >= 11 is 0. The summed E-state index contributed by atoms with van der Waals surface area (Å²) in [5.41, 5.74) is -1.12. The van der Waals surface area contributed by atoms with E-state index < -0.39 is 29.7 Å². The molecule has 11 heteroatoms.